The Morgan fingerprint density at radius 3 is 2.84 bits per heavy atom. The van der Waals surface area contributed by atoms with Gasteiger partial charge in [-0.3, -0.25) is 9.59 Å². The van der Waals surface area contributed by atoms with E-state index in [4.69, 9.17) is 8.83 Å². The maximum atomic E-state index is 12.0. The summed E-state index contributed by atoms with van der Waals surface area (Å²) in [6, 6.07) is 10.1. The predicted octanol–water partition coefficient (Wildman–Crippen LogP) is 2.42. The number of amides is 2. The van der Waals surface area contributed by atoms with Crippen molar-refractivity contribution >= 4 is 29.3 Å². The van der Waals surface area contributed by atoms with Gasteiger partial charge in [0.15, 0.2) is 5.76 Å². The molecule has 2 heterocycles. The van der Waals surface area contributed by atoms with Crippen LogP contribution < -0.4 is 10.6 Å². The number of nitrogens with one attached hydrogen (secondary N) is 2. The number of furan rings is 1. The molecule has 8 nitrogen and oxygen atoms in total. The molecular weight excluding hydrogens is 344 g/mol. The second-order valence-corrected chi connectivity index (χ2v) is 5.77. The molecule has 9 heteroatoms. The van der Waals surface area contributed by atoms with Crippen molar-refractivity contribution in [2.24, 2.45) is 0 Å². The van der Waals surface area contributed by atoms with E-state index >= 15 is 0 Å². The molecule has 1 aromatic carbocycles. The van der Waals surface area contributed by atoms with Crippen LogP contribution >= 0.6 is 11.8 Å². The molecule has 0 fully saturated rings. The van der Waals surface area contributed by atoms with Crippen LogP contribution in [0.5, 0.6) is 0 Å². The fourth-order valence-corrected chi connectivity index (χ4v) is 2.54. The molecule has 0 saturated carbocycles. The summed E-state index contributed by atoms with van der Waals surface area (Å²) in [4.78, 5) is 23.6. The van der Waals surface area contributed by atoms with Crippen molar-refractivity contribution in [2.45, 2.75) is 5.22 Å². The van der Waals surface area contributed by atoms with Crippen molar-refractivity contribution in [3.8, 4) is 11.7 Å². The van der Waals surface area contributed by atoms with Crippen molar-refractivity contribution in [1.29, 1.82) is 0 Å². The van der Waals surface area contributed by atoms with Gasteiger partial charge in [0, 0.05) is 18.3 Å². The Bertz CT molecular complexity index is 876. The highest BCUT2D eigenvalue weighted by Crippen LogP contribution is 2.23. The lowest BCUT2D eigenvalue weighted by Gasteiger charge is -2.06. The zero-order chi connectivity index (χ0) is 17.6. The molecule has 3 rings (SSSR count). The maximum Gasteiger partial charge on any atom is 0.284 e. The number of thioether (sulfide) groups is 1. The molecule has 0 aliphatic heterocycles. The number of rotatable bonds is 6. The fraction of sp³-hybridized carbons (Fsp3) is 0.125. The third-order valence-corrected chi connectivity index (χ3v) is 3.92. The molecule has 3 aromatic rings. The third-order valence-electron chi connectivity index (χ3n) is 3.10. The number of carbonyl (C=O) groups excluding carboxylic acids is 2. The molecule has 0 spiro atoms. The largest absolute Gasteiger partial charge is 0.459 e. The van der Waals surface area contributed by atoms with E-state index in [0.29, 0.717) is 17.0 Å². The van der Waals surface area contributed by atoms with Gasteiger partial charge in [-0.2, -0.15) is 0 Å². The van der Waals surface area contributed by atoms with Crippen molar-refractivity contribution in [3.63, 3.8) is 0 Å². The van der Waals surface area contributed by atoms with Crippen molar-refractivity contribution in [3.05, 3.63) is 48.2 Å². The molecule has 25 heavy (non-hydrogen) atoms. The van der Waals surface area contributed by atoms with Crippen LogP contribution in [0.25, 0.3) is 11.7 Å². The van der Waals surface area contributed by atoms with Gasteiger partial charge in [0.1, 0.15) is 0 Å². The van der Waals surface area contributed by atoms with E-state index in [9.17, 15) is 9.59 Å². The van der Waals surface area contributed by atoms with Gasteiger partial charge in [0.25, 0.3) is 17.0 Å². The van der Waals surface area contributed by atoms with E-state index in [1.165, 1.54) is 6.26 Å². The lowest BCUT2D eigenvalue weighted by atomic mass is 10.2. The van der Waals surface area contributed by atoms with Crippen molar-refractivity contribution in [2.75, 3.05) is 18.1 Å². The first-order valence-electron chi connectivity index (χ1n) is 7.28. The van der Waals surface area contributed by atoms with Gasteiger partial charge in [0.2, 0.25) is 5.91 Å². The van der Waals surface area contributed by atoms with Crippen LogP contribution in [-0.4, -0.2) is 34.8 Å². The fourth-order valence-electron chi connectivity index (χ4n) is 1.97. The molecule has 0 atom stereocenters. The zero-order valence-electron chi connectivity index (χ0n) is 13.2. The number of anilines is 1. The quantitative estimate of drug-likeness (QED) is 0.651. The second-order valence-electron chi connectivity index (χ2n) is 4.85. The summed E-state index contributed by atoms with van der Waals surface area (Å²) in [6.07, 6.45) is 1.51. The van der Waals surface area contributed by atoms with Gasteiger partial charge >= 0.3 is 0 Å². The standard InChI is InChI=1S/C16H14N4O4S/c1-17-14(22)10-4-2-5-11(8-10)18-13(21)9-25-16-20-19-15(24-16)12-6-3-7-23-12/h2-8H,9H2,1H3,(H,17,22)(H,18,21). The van der Waals surface area contributed by atoms with E-state index in [1.54, 1.807) is 43.4 Å². The molecule has 0 aliphatic carbocycles. The van der Waals surface area contributed by atoms with Gasteiger partial charge in [-0.05, 0) is 30.3 Å². The summed E-state index contributed by atoms with van der Waals surface area (Å²) in [6.45, 7) is 0. The Hall–Kier alpha value is -3.07. The van der Waals surface area contributed by atoms with Gasteiger partial charge in [-0.25, -0.2) is 0 Å². The van der Waals surface area contributed by atoms with Crippen molar-refractivity contribution in [1.82, 2.24) is 15.5 Å². The van der Waals surface area contributed by atoms with Crippen LogP contribution in [0, 0.1) is 0 Å². The number of benzene rings is 1. The van der Waals surface area contributed by atoms with Crippen molar-refractivity contribution < 1.29 is 18.4 Å². The van der Waals surface area contributed by atoms with Crippen LogP contribution in [0.2, 0.25) is 0 Å². The lowest BCUT2D eigenvalue weighted by molar-refractivity contribution is -0.113. The van der Waals surface area contributed by atoms with E-state index in [0.717, 1.165) is 11.8 Å². The maximum absolute atomic E-state index is 12.0. The van der Waals surface area contributed by atoms with Crippen LogP contribution in [0.1, 0.15) is 10.4 Å². The monoisotopic (exact) mass is 358 g/mol. The number of hydrogen-bond acceptors (Lipinski definition) is 7. The molecule has 0 unspecified atom stereocenters. The van der Waals surface area contributed by atoms with E-state index in [-0.39, 0.29) is 28.7 Å². The Labute approximate surface area is 147 Å². The molecule has 0 saturated heterocycles. The predicted molar refractivity (Wildman–Crippen MR) is 91.2 cm³/mol. The SMILES string of the molecule is CNC(=O)c1cccc(NC(=O)CSc2nnc(-c3ccco3)o2)c1. The average Bonchev–Trinajstić information content (AvgIpc) is 3.30. The minimum Gasteiger partial charge on any atom is -0.459 e. The van der Waals surface area contributed by atoms with Crippen LogP contribution in [0.4, 0.5) is 5.69 Å². The topological polar surface area (TPSA) is 110 Å². The summed E-state index contributed by atoms with van der Waals surface area (Å²) >= 11 is 1.11. The number of nitrogens with zero attached hydrogens (tertiary/aromatic N) is 2. The lowest BCUT2D eigenvalue weighted by Crippen LogP contribution is -2.18. The highest BCUT2D eigenvalue weighted by Gasteiger charge is 2.13. The normalized spacial score (nSPS) is 10.4. The van der Waals surface area contributed by atoms with E-state index in [1.807, 2.05) is 0 Å². The first-order valence-corrected chi connectivity index (χ1v) is 8.26. The zero-order valence-corrected chi connectivity index (χ0v) is 14.0. The highest BCUT2D eigenvalue weighted by molar-refractivity contribution is 7.99. The Balaban J connectivity index is 1.56. The molecule has 0 aliphatic rings. The molecule has 2 amide bonds. The van der Waals surface area contributed by atoms with Gasteiger partial charge in [0.05, 0.1) is 12.0 Å². The first kappa shape index (κ1) is 16.8. The van der Waals surface area contributed by atoms with E-state index < -0.39 is 0 Å². The second kappa shape index (κ2) is 7.67. The average molecular weight is 358 g/mol. The summed E-state index contributed by atoms with van der Waals surface area (Å²) in [5.41, 5.74) is 1.00. The number of hydrogen-bond donors (Lipinski definition) is 2. The Morgan fingerprint density at radius 2 is 2.08 bits per heavy atom. The molecular formula is C16H14N4O4S. The smallest absolute Gasteiger partial charge is 0.284 e. The first-order chi connectivity index (χ1) is 12.2. The van der Waals surface area contributed by atoms with Gasteiger partial charge in [-0.1, -0.05) is 17.8 Å². The number of carbonyl (C=O) groups is 2. The molecule has 0 bridgehead atoms. The summed E-state index contributed by atoms with van der Waals surface area (Å²) in [5, 5.41) is 13.2. The summed E-state index contributed by atoms with van der Waals surface area (Å²) < 4.78 is 10.6. The van der Waals surface area contributed by atoms with Gasteiger partial charge < -0.3 is 19.5 Å². The van der Waals surface area contributed by atoms with Gasteiger partial charge in [-0.15, -0.1) is 10.2 Å². The molecule has 2 aromatic heterocycles. The Kier molecular flexibility index (Phi) is 5.14. The van der Waals surface area contributed by atoms with E-state index in [2.05, 4.69) is 20.8 Å². The summed E-state index contributed by atoms with van der Waals surface area (Å²) in [5.74, 6) is 0.337. The minimum atomic E-state index is -0.253. The van der Waals surface area contributed by atoms with Crippen LogP contribution in [-0.2, 0) is 4.79 Å². The van der Waals surface area contributed by atoms with Crippen LogP contribution in [0.15, 0.2) is 56.7 Å². The highest BCUT2D eigenvalue weighted by atomic mass is 32.2. The summed E-state index contributed by atoms with van der Waals surface area (Å²) in [7, 11) is 1.55. The Morgan fingerprint density at radius 1 is 1.20 bits per heavy atom. The molecule has 128 valence electrons. The molecule has 0 radical (unpaired) electrons. The van der Waals surface area contributed by atoms with Crippen LogP contribution in [0.3, 0.4) is 0 Å². The third kappa shape index (κ3) is 4.27. The minimum absolute atomic E-state index is 0.0873. The number of aromatic nitrogens is 2. The molecule has 2 N–H and O–H groups in total.